The summed E-state index contributed by atoms with van der Waals surface area (Å²) in [6.45, 7) is 2.58. The van der Waals surface area contributed by atoms with E-state index in [1.807, 2.05) is 61.5 Å². The van der Waals surface area contributed by atoms with Gasteiger partial charge in [-0.05, 0) is 19.1 Å². The number of para-hydroxylation sites is 1. The van der Waals surface area contributed by atoms with Crippen molar-refractivity contribution in [3.63, 3.8) is 0 Å². The van der Waals surface area contributed by atoms with Gasteiger partial charge in [0, 0.05) is 12.1 Å². The zero-order valence-electron chi connectivity index (χ0n) is 10.7. The van der Waals surface area contributed by atoms with E-state index in [1.165, 1.54) is 0 Å². The number of carbonyl (C=O) groups is 1. The molecule has 96 valence electrons. The third-order valence-corrected chi connectivity index (χ3v) is 3.33. The molecule has 0 bridgehead atoms. The smallest absolute Gasteiger partial charge is 0.260 e. The molecule has 1 aliphatic heterocycles. The molecule has 1 aliphatic rings. The van der Waals surface area contributed by atoms with Gasteiger partial charge in [0.25, 0.3) is 5.91 Å². The Kier molecular flexibility index (Phi) is 2.95. The Hall–Kier alpha value is -2.29. The first kappa shape index (κ1) is 11.8. The number of ether oxygens (including phenoxy) is 1. The predicted octanol–water partition coefficient (Wildman–Crippen LogP) is 3.24. The van der Waals surface area contributed by atoms with Crippen molar-refractivity contribution >= 4 is 5.91 Å². The van der Waals surface area contributed by atoms with Gasteiger partial charge in [-0.3, -0.25) is 9.69 Å². The summed E-state index contributed by atoms with van der Waals surface area (Å²) in [5.74, 6) is 0.684. The summed E-state index contributed by atoms with van der Waals surface area (Å²) in [4.78, 5) is 14.2. The quantitative estimate of drug-likeness (QED) is 0.822. The Morgan fingerprint density at radius 3 is 2.47 bits per heavy atom. The normalized spacial score (nSPS) is 17.8. The molecule has 0 spiro atoms. The number of hydrogen-bond donors (Lipinski definition) is 0. The van der Waals surface area contributed by atoms with Gasteiger partial charge >= 0.3 is 0 Å². The van der Waals surface area contributed by atoms with Crippen LogP contribution in [0.15, 0.2) is 54.6 Å². The molecule has 1 atom stereocenters. The molecule has 3 rings (SSSR count). The highest BCUT2D eigenvalue weighted by Gasteiger charge is 2.33. The van der Waals surface area contributed by atoms with E-state index in [4.69, 9.17) is 4.74 Å². The van der Waals surface area contributed by atoms with Crippen molar-refractivity contribution in [2.45, 2.75) is 13.2 Å². The first-order valence-corrected chi connectivity index (χ1v) is 6.43. The maximum absolute atomic E-state index is 12.5. The molecule has 0 saturated carbocycles. The number of amides is 1. The highest BCUT2D eigenvalue weighted by Crippen LogP contribution is 2.34. The molecule has 3 heteroatoms. The van der Waals surface area contributed by atoms with Crippen LogP contribution in [-0.2, 0) is 0 Å². The fraction of sp³-hybridized carbons (Fsp3) is 0.188. The maximum atomic E-state index is 12.5. The Morgan fingerprint density at radius 2 is 1.74 bits per heavy atom. The van der Waals surface area contributed by atoms with Gasteiger partial charge in [0.2, 0.25) is 6.23 Å². The topological polar surface area (TPSA) is 29.5 Å². The Morgan fingerprint density at radius 1 is 1.05 bits per heavy atom. The van der Waals surface area contributed by atoms with Crippen LogP contribution >= 0.6 is 0 Å². The minimum Gasteiger partial charge on any atom is -0.465 e. The van der Waals surface area contributed by atoms with Crippen LogP contribution in [0, 0.1) is 0 Å². The van der Waals surface area contributed by atoms with Gasteiger partial charge in [-0.25, -0.2) is 0 Å². The fourth-order valence-corrected chi connectivity index (χ4v) is 2.37. The van der Waals surface area contributed by atoms with Crippen molar-refractivity contribution in [1.29, 1.82) is 0 Å². The first-order valence-electron chi connectivity index (χ1n) is 6.43. The van der Waals surface area contributed by atoms with E-state index in [9.17, 15) is 4.79 Å². The van der Waals surface area contributed by atoms with Gasteiger partial charge in [0.05, 0.1) is 5.56 Å². The molecule has 2 aromatic carbocycles. The number of carbonyl (C=O) groups excluding carboxylic acids is 1. The van der Waals surface area contributed by atoms with E-state index in [0.29, 0.717) is 17.9 Å². The van der Waals surface area contributed by atoms with Crippen LogP contribution in [0.3, 0.4) is 0 Å². The molecule has 0 fully saturated rings. The van der Waals surface area contributed by atoms with Gasteiger partial charge in [-0.1, -0.05) is 42.5 Å². The van der Waals surface area contributed by atoms with Crippen LogP contribution in [0.2, 0.25) is 0 Å². The summed E-state index contributed by atoms with van der Waals surface area (Å²) >= 11 is 0. The van der Waals surface area contributed by atoms with Crippen molar-refractivity contribution in [2.75, 3.05) is 6.54 Å². The van der Waals surface area contributed by atoms with Crippen molar-refractivity contribution in [3.05, 3.63) is 65.7 Å². The first-order chi connectivity index (χ1) is 9.31. The largest absolute Gasteiger partial charge is 0.465 e. The lowest BCUT2D eigenvalue weighted by Gasteiger charge is -2.36. The molecular weight excluding hydrogens is 238 g/mol. The van der Waals surface area contributed by atoms with Crippen molar-refractivity contribution < 1.29 is 9.53 Å². The molecule has 0 radical (unpaired) electrons. The van der Waals surface area contributed by atoms with Crippen molar-refractivity contribution in [2.24, 2.45) is 0 Å². The molecule has 0 N–H and O–H groups in total. The fourth-order valence-electron chi connectivity index (χ4n) is 2.37. The Balaban J connectivity index is 2.05. The van der Waals surface area contributed by atoms with Crippen LogP contribution in [0.25, 0.3) is 0 Å². The number of rotatable bonds is 2. The third-order valence-electron chi connectivity index (χ3n) is 3.33. The van der Waals surface area contributed by atoms with Gasteiger partial charge in [-0.2, -0.15) is 0 Å². The summed E-state index contributed by atoms with van der Waals surface area (Å²) in [5.41, 5.74) is 1.63. The lowest BCUT2D eigenvalue weighted by atomic mass is 10.1. The van der Waals surface area contributed by atoms with E-state index >= 15 is 0 Å². The minimum absolute atomic E-state index is 0.0261. The predicted molar refractivity (Wildman–Crippen MR) is 73.0 cm³/mol. The van der Waals surface area contributed by atoms with Crippen LogP contribution in [0.1, 0.15) is 29.1 Å². The standard InChI is InChI=1S/C16H15NO2/c1-2-17-15(18)13-10-6-7-11-14(13)19-16(17)12-8-4-3-5-9-12/h3-11,16H,2H2,1H3. The average molecular weight is 253 g/mol. The zero-order valence-corrected chi connectivity index (χ0v) is 10.7. The SMILES string of the molecule is CCN1C(=O)c2ccccc2OC1c1ccccc1. The van der Waals surface area contributed by atoms with E-state index in [0.717, 1.165) is 5.56 Å². The summed E-state index contributed by atoms with van der Waals surface area (Å²) in [6.07, 6.45) is -0.339. The van der Waals surface area contributed by atoms with E-state index < -0.39 is 0 Å². The number of benzene rings is 2. The van der Waals surface area contributed by atoms with Gasteiger partial charge in [0.1, 0.15) is 5.75 Å². The van der Waals surface area contributed by atoms with Crippen molar-refractivity contribution in [3.8, 4) is 5.75 Å². The molecule has 19 heavy (non-hydrogen) atoms. The maximum Gasteiger partial charge on any atom is 0.260 e. The molecule has 1 heterocycles. The highest BCUT2D eigenvalue weighted by molar-refractivity contribution is 5.98. The molecule has 0 aromatic heterocycles. The summed E-state index contributed by atoms with van der Waals surface area (Å²) in [5, 5.41) is 0. The second kappa shape index (κ2) is 4.76. The summed E-state index contributed by atoms with van der Waals surface area (Å²) in [6, 6.07) is 17.2. The second-order valence-electron chi connectivity index (χ2n) is 4.47. The molecular formula is C16H15NO2. The molecule has 1 amide bonds. The third kappa shape index (κ3) is 1.97. The Bertz CT molecular complexity index is 595. The summed E-state index contributed by atoms with van der Waals surface area (Å²) in [7, 11) is 0. The van der Waals surface area contributed by atoms with Gasteiger partial charge < -0.3 is 4.74 Å². The van der Waals surface area contributed by atoms with Crippen LogP contribution < -0.4 is 4.74 Å². The van der Waals surface area contributed by atoms with Gasteiger partial charge in [-0.15, -0.1) is 0 Å². The number of nitrogens with zero attached hydrogens (tertiary/aromatic N) is 1. The molecule has 3 nitrogen and oxygen atoms in total. The number of fused-ring (bicyclic) bond motifs is 1. The lowest BCUT2D eigenvalue weighted by molar-refractivity contribution is 0.0110. The van der Waals surface area contributed by atoms with Crippen LogP contribution in [0.5, 0.6) is 5.75 Å². The van der Waals surface area contributed by atoms with Gasteiger partial charge in [0.15, 0.2) is 0 Å². The van der Waals surface area contributed by atoms with E-state index in [1.54, 1.807) is 4.90 Å². The molecule has 1 unspecified atom stereocenters. The molecule has 0 aliphatic carbocycles. The monoisotopic (exact) mass is 253 g/mol. The summed E-state index contributed by atoms with van der Waals surface area (Å²) < 4.78 is 6.00. The zero-order chi connectivity index (χ0) is 13.2. The van der Waals surface area contributed by atoms with Crippen LogP contribution in [0.4, 0.5) is 0 Å². The average Bonchev–Trinajstić information content (AvgIpc) is 2.48. The minimum atomic E-state index is -0.339. The lowest BCUT2D eigenvalue weighted by Crippen LogP contribution is -2.41. The highest BCUT2D eigenvalue weighted by atomic mass is 16.5. The molecule has 0 saturated heterocycles. The molecule has 2 aromatic rings. The second-order valence-corrected chi connectivity index (χ2v) is 4.47. The Labute approximate surface area is 112 Å². The van der Waals surface area contributed by atoms with E-state index in [-0.39, 0.29) is 12.1 Å². The van der Waals surface area contributed by atoms with E-state index in [2.05, 4.69) is 0 Å². The van der Waals surface area contributed by atoms with Crippen LogP contribution in [-0.4, -0.2) is 17.4 Å². The van der Waals surface area contributed by atoms with Crippen molar-refractivity contribution in [1.82, 2.24) is 4.90 Å². The number of hydrogen-bond acceptors (Lipinski definition) is 2.